The number of aryl methyl sites for hydroxylation is 2. The average Bonchev–Trinajstić information content (AvgIpc) is 2.27. The topological polar surface area (TPSA) is 20.2 Å². The molecule has 2 rings (SSSR count). The van der Waals surface area contributed by atoms with Gasteiger partial charge in [0.1, 0.15) is 5.44 Å². The molecule has 0 bridgehead atoms. The van der Waals surface area contributed by atoms with Crippen molar-refractivity contribution in [2.75, 3.05) is 0 Å². The van der Waals surface area contributed by atoms with Crippen molar-refractivity contribution in [2.24, 2.45) is 0 Å². The molecule has 1 aliphatic rings. The summed E-state index contributed by atoms with van der Waals surface area (Å²) in [6.07, 6.45) is 0. The number of rotatable bonds is 0. The number of hydrogen-bond acceptors (Lipinski definition) is 2. The third-order valence-corrected chi connectivity index (χ3v) is 3.39. The van der Waals surface area contributed by atoms with E-state index in [-0.39, 0.29) is 0 Å². The minimum atomic E-state index is -0.449. The average molecular weight is 192 g/mol. The Morgan fingerprint density at radius 3 is 2.77 bits per heavy atom. The van der Waals surface area contributed by atoms with Crippen molar-refractivity contribution >= 4 is 17.3 Å². The van der Waals surface area contributed by atoms with E-state index in [1.165, 1.54) is 22.9 Å². The zero-order chi connectivity index (χ0) is 9.59. The predicted molar refractivity (Wildman–Crippen MR) is 56.8 cm³/mol. The van der Waals surface area contributed by atoms with Gasteiger partial charge in [0.15, 0.2) is 0 Å². The van der Waals surface area contributed by atoms with Crippen LogP contribution in [0.4, 0.5) is 0 Å². The fourth-order valence-electron chi connectivity index (χ4n) is 1.75. The second-order valence-electron chi connectivity index (χ2n) is 3.45. The van der Waals surface area contributed by atoms with E-state index in [2.05, 4.69) is 32.6 Å². The first-order valence-electron chi connectivity index (χ1n) is 4.24. The lowest BCUT2D eigenvalue weighted by Gasteiger charge is -2.05. The summed E-state index contributed by atoms with van der Waals surface area (Å²) in [6.45, 7) is 8.03. The fourth-order valence-corrected chi connectivity index (χ4v) is 2.91. The van der Waals surface area contributed by atoms with Gasteiger partial charge in [-0.2, -0.15) is 0 Å². The highest BCUT2D eigenvalue weighted by Crippen LogP contribution is 2.44. The van der Waals surface area contributed by atoms with Gasteiger partial charge in [-0.25, -0.2) is 0 Å². The molecule has 0 saturated carbocycles. The highest BCUT2D eigenvalue weighted by Gasteiger charge is 2.25. The largest absolute Gasteiger partial charge is 0.378 e. The molecule has 0 fully saturated rings. The monoisotopic (exact) mass is 192 g/mol. The third kappa shape index (κ3) is 1.30. The Morgan fingerprint density at radius 1 is 1.38 bits per heavy atom. The van der Waals surface area contributed by atoms with Gasteiger partial charge < -0.3 is 5.11 Å². The summed E-state index contributed by atoms with van der Waals surface area (Å²) in [7, 11) is 0. The Labute approximate surface area is 82.5 Å². The maximum Gasteiger partial charge on any atom is 0.129 e. The van der Waals surface area contributed by atoms with Gasteiger partial charge in [-0.15, -0.1) is 0 Å². The lowest BCUT2D eigenvalue weighted by atomic mass is 10.0. The van der Waals surface area contributed by atoms with Gasteiger partial charge in [-0.1, -0.05) is 24.4 Å². The molecule has 0 aliphatic carbocycles. The summed E-state index contributed by atoms with van der Waals surface area (Å²) in [5, 5.41) is 9.60. The minimum absolute atomic E-state index is 0.449. The summed E-state index contributed by atoms with van der Waals surface area (Å²) in [6, 6.07) is 4.23. The molecule has 1 aromatic carbocycles. The summed E-state index contributed by atoms with van der Waals surface area (Å²) in [4.78, 5) is 1.16. The molecule has 13 heavy (non-hydrogen) atoms. The highest BCUT2D eigenvalue weighted by atomic mass is 32.2. The van der Waals surface area contributed by atoms with Crippen LogP contribution in [0.3, 0.4) is 0 Å². The van der Waals surface area contributed by atoms with Crippen molar-refractivity contribution in [1.29, 1.82) is 0 Å². The molecular formula is C11H12OS. The molecule has 1 N–H and O–H groups in total. The number of hydrogen-bond donors (Lipinski definition) is 1. The van der Waals surface area contributed by atoms with Gasteiger partial charge in [0.25, 0.3) is 0 Å². The normalized spacial score (nSPS) is 20.5. The van der Waals surface area contributed by atoms with E-state index in [9.17, 15) is 5.11 Å². The highest BCUT2D eigenvalue weighted by molar-refractivity contribution is 8.00. The lowest BCUT2D eigenvalue weighted by molar-refractivity contribution is 0.320. The van der Waals surface area contributed by atoms with Crippen LogP contribution in [0.1, 0.15) is 16.7 Å². The maximum absolute atomic E-state index is 9.60. The van der Waals surface area contributed by atoms with Crippen LogP contribution in [0.25, 0.3) is 5.57 Å². The van der Waals surface area contributed by atoms with Crippen LogP contribution in [0, 0.1) is 13.8 Å². The van der Waals surface area contributed by atoms with E-state index in [0.29, 0.717) is 0 Å². The smallest absolute Gasteiger partial charge is 0.129 e. The van der Waals surface area contributed by atoms with Crippen LogP contribution in [0.15, 0.2) is 23.6 Å². The molecule has 0 spiro atoms. The van der Waals surface area contributed by atoms with Gasteiger partial charge >= 0.3 is 0 Å². The van der Waals surface area contributed by atoms with E-state index >= 15 is 0 Å². The molecule has 0 radical (unpaired) electrons. The molecule has 1 aromatic rings. The van der Waals surface area contributed by atoms with Gasteiger partial charge in [-0.3, -0.25) is 0 Å². The molecule has 1 nitrogen and oxygen atoms in total. The predicted octanol–water partition coefficient (Wildman–Crippen LogP) is 2.74. The van der Waals surface area contributed by atoms with Gasteiger partial charge in [0, 0.05) is 4.90 Å². The molecule has 0 saturated heterocycles. The zero-order valence-corrected chi connectivity index (χ0v) is 8.61. The van der Waals surface area contributed by atoms with E-state index in [1.807, 2.05) is 0 Å². The first kappa shape index (κ1) is 8.85. The molecule has 1 heterocycles. The first-order valence-corrected chi connectivity index (χ1v) is 5.12. The lowest BCUT2D eigenvalue weighted by Crippen LogP contribution is -1.95. The second kappa shape index (κ2) is 2.89. The molecule has 2 heteroatoms. The van der Waals surface area contributed by atoms with Crippen molar-refractivity contribution in [3.8, 4) is 0 Å². The zero-order valence-electron chi connectivity index (χ0n) is 7.79. The Bertz CT molecular complexity index is 382. The number of benzene rings is 1. The molecular weight excluding hydrogens is 180 g/mol. The van der Waals surface area contributed by atoms with Crippen LogP contribution in [0.5, 0.6) is 0 Å². The van der Waals surface area contributed by atoms with Crippen molar-refractivity contribution in [3.05, 3.63) is 35.4 Å². The Balaban J connectivity index is 2.64. The van der Waals surface area contributed by atoms with Crippen LogP contribution >= 0.6 is 11.8 Å². The molecule has 68 valence electrons. The standard InChI is InChI=1S/C11H12OS/c1-6-4-7(2)10-8(3)11(12)13-9(10)5-6/h4-5,11-12H,3H2,1-2H3. The Hall–Kier alpha value is -0.730. The summed E-state index contributed by atoms with van der Waals surface area (Å²) in [5.41, 5.74) is 3.99. The first-order chi connectivity index (χ1) is 6.09. The van der Waals surface area contributed by atoms with Crippen molar-refractivity contribution in [3.63, 3.8) is 0 Å². The number of thioether (sulfide) groups is 1. The van der Waals surface area contributed by atoms with Crippen LogP contribution in [-0.2, 0) is 0 Å². The maximum atomic E-state index is 9.60. The molecule has 0 amide bonds. The van der Waals surface area contributed by atoms with Crippen LogP contribution in [-0.4, -0.2) is 10.5 Å². The molecule has 1 atom stereocenters. The molecule has 1 aliphatic heterocycles. The third-order valence-electron chi connectivity index (χ3n) is 2.30. The van der Waals surface area contributed by atoms with Crippen LogP contribution < -0.4 is 0 Å². The van der Waals surface area contributed by atoms with Crippen molar-refractivity contribution in [2.45, 2.75) is 24.2 Å². The van der Waals surface area contributed by atoms with E-state index in [0.717, 1.165) is 16.0 Å². The fraction of sp³-hybridized carbons (Fsp3) is 0.273. The quantitative estimate of drug-likeness (QED) is 0.682. The summed E-state index contributed by atoms with van der Waals surface area (Å²) in [5.74, 6) is 0. The SMILES string of the molecule is C=C1c2c(C)cc(C)cc2SC1O. The van der Waals surface area contributed by atoms with E-state index in [1.54, 1.807) is 0 Å². The molecule has 0 aromatic heterocycles. The minimum Gasteiger partial charge on any atom is -0.378 e. The second-order valence-corrected chi connectivity index (χ2v) is 4.57. The number of aliphatic hydroxyl groups excluding tert-OH is 1. The van der Waals surface area contributed by atoms with Crippen LogP contribution in [0.2, 0.25) is 0 Å². The van der Waals surface area contributed by atoms with E-state index in [4.69, 9.17) is 0 Å². The summed E-state index contributed by atoms with van der Waals surface area (Å²) < 4.78 is 0. The van der Waals surface area contributed by atoms with Gasteiger partial charge in [-0.05, 0) is 42.2 Å². The van der Waals surface area contributed by atoms with Crippen molar-refractivity contribution < 1.29 is 5.11 Å². The number of fused-ring (bicyclic) bond motifs is 1. The van der Waals surface area contributed by atoms with Gasteiger partial charge in [0.05, 0.1) is 0 Å². The summed E-state index contributed by atoms with van der Waals surface area (Å²) >= 11 is 1.48. The Morgan fingerprint density at radius 2 is 2.08 bits per heavy atom. The molecule has 1 unspecified atom stereocenters. The van der Waals surface area contributed by atoms with Gasteiger partial charge in [0.2, 0.25) is 0 Å². The van der Waals surface area contributed by atoms with Crippen molar-refractivity contribution in [1.82, 2.24) is 0 Å². The van der Waals surface area contributed by atoms with E-state index < -0.39 is 5.44 Å². The number of aliphatic hydroxyl groups is 1. The Kier molecular flexibility index (Phi) is 1.97.